The molecule has 1 aromatic rings. The highest BCUT2D eigenvalue weighted by Crippen LogP contribution is 2.29. The van der Waals surface area contributed by atoms with Gasteiger partial charge in [0.2, 0.25) is 5.95 Å². The second kappa shape index (κ2) is 3.61. The van der Waals surface area contributed by atoms with Crippen LogP contribution in [0.15, 0.2) is 6.07 Å². The van der Waals surface area contributed by atoms with Gasteiger partial charge >= 0.3 is 0 Å². The van der Waals surface area contributed by atoms with Crippen molar-refractivity contribution in [3.63, 3.8) is 0 Å². The summed E-state index contributed by atoms with van der Waals surface area (Å²) in [6.07, 6.45) is -3.01. The van der Waals surface area contributed by atoms with E-state index in [4.69, 9.17) is 10.8 Å². The molecule has 3 nitrogen and oxygen atoms in total. The Kier molecular flexibility index (Phi) is 2.72. The number of nitrogens with zero attached hydrogens (tertiary/aromatic N) is 1. The maximum atomic E-state index is 12.5. The minimum atomic E-state index is -3.01. The highest BCUT2D eigenvalue weighted by atomic mass is 19.3. The molecular weight excluding hydrogens is 185 g/mol. The quantitative estimate of drug-likeness (QED) is 0.695. The van der Waals surface area contributed by atoms with E-state index in [2.05, 4.69) is 4.98 Å². The minimum absolute atomic E-state index is 0.0807. The summed E-state index contributed by atoms with van der Waals surface area (Å²) in [6.45, 7) is -0.217. The summed E-state index contributed by atoms with van der Waals surface area (Å²) in [7, 11) is 0. The summed E-state index contributed by atoms with van der Waals surface area (Å²) < 4.78 is 36.7. The van der Waals surface area contributed by atoms with Crippen LogP contribution in [0.4, 0.5) is 13.2 Å². The van der Waals surface area contributed by atoms with Gasteiger partial charge in [-0.15, -0.1) is 0 Å². The fourth-order valence-corrected chi connectivity index (χ4v) is 0.885. The van der Waals surface area contributed by atoms with E-state index in [-0.39, 0.29) is 12.1 Å². The molecule has 0 fully saturated rings. The molecule has 0 bridgehead atoms. The van der Waals surface area contributed by atoms with Crippen molar-refractivity contribution < 1.29 is 18.3 Å². The molecular formula is C7H7F3N2O. The van der Waals surface area contributed by atoms with Crippen LogP contribution in [-0.4, -0.2) is 10.1 Å². The predicted octanol–water partition coefficient (Wildman–Crippen LogP) is 1.32. The van der Waals surface area contributed by atoms with Crippen molar-refractivity contribution in [2.24, 2.45) is 5.73 Å². The molecule has 0 amide bonds. The third kappa shape index (κ3) is 1.89. The fraction of sp³-hybridized carbons (Fsp3) is 0.286. The Labute approximate surface area is 72.0 Å². The predicted molar refractivity (Wildman–Crippen MR) is 38.7 cm³/mol. The standard InChI is InChI=1S/C7H7F3N2O/c8-4-1-3(2-11)6(13)5(12-4)7(9)10/h1,7,13H,2,11H2. The molecule has 0 aromatic carbocycles. The molecule has 1 aromatic heterocycles. The van der Waals surface area contributed by atoms with Crippen LogP contribution >= 0.6 is 0 Å². The summed E-state index contributed by atoms with van der Waals surface area (Å²) in [6, 6.07) is 0.821. The van der Waals surface area contributed by atoms with Crippen LogP contribution in [-0.2, 0) is 6.54 Å². The molecule has 0 unspecified atom stereocenters. The van der Waals surface area contributed by atoms with Gasteiger partial charge in [-0.2, -0.15) is 4.39 Å². The van der Waals surface area contributed by atoms with E-state index in [0.717, 1.165) is 6.07 Å². The van der Waals surface area contributed by atoms with Crippen molar-refractivity contribution in [1.82, 2.24) is 4.98 Å². The largest absolute Gasteiger partial charge is 0.505 e. The van der Waals surface area contributed by atoms with Crippen LogP contribution in [0.1, 0.15) is 17.7 Å². The van der Waals surface area contributed by atoms with E-state index < -0.39 is 23.8 Å². The first-order valence-corrected chi connectivity index (χ1v) is 3.42. The molecule has 6 heteroatoms. The van der Waals surface area contributed by atoms with Crippen LogP contribution in [0.5, 0.6) is 5.75 Å². The first-order valence-electron chi connectivity index (χ1n) is 3.42. The second-order valence-corrected chi connectivity index (χ2v) is 2.34. The lowest BCUT2D eigenvalue weighted by Crippen LogP contribution is -2.03. The highest BCUT2D eigenvalue weighted by molar-refractivity contribution is 5.36. The van der Waals surface area contributed by atoms with Gasteiger partial charge in [0.15, 0.2) is 5.69 Å². The lowest BCUT2D eigenvalue weighted by molar-refractivity contribution is 0.140. The highest BCUT2D eigenvalue weighted by Gasteiger charge is 2.18. The maximum Gasteiger partial charge on any atom is 0.284 e. The Bertz CT molecular complexity index is 317. The Morgan fingerprint density at radius 3 is 2.62 bits per heavy atom. The molecule has 0 aliphatic rings. The lowest BCUT2D eigenvalue weighted by atomic mass is 10.2. The summed E-state index contributed by atoms with van der Waals surface area (Å²) >= 11 is 0. The zero-order valence-corrected chi connectivity index (χ0v) is 6.47. The number of hydrogen-bond acceptors (Lipinski definition) is 3. The first-order chi connectivity index (χ1) is 6.06. The molecule has 0 spiro atoms. The van der Waals surface area contributed by atoms with E-state index in [1.54, 1.807) is 0 Å². The monoisotopic (exact) mass is 192 g/mol. The summed E-state index contributed by atoms with van der Waals surface area (Å²) in [5, 5.41) is 9.09. The number of aromatic hydroxyl groups is 1. The van der Waals surface area contributed by atoms with Crippen LogP contribution < -0.4 is 5.73 Å². The Hall–Kier alpha value is -1.30. The van der Waals surface area contributed by atoms with Gasteiger partial charge in [0.25, 0.3) is 6.43 Å². The van der Waals surface area contributed by atoms with E-state index >= 15 is 0 Å². The van der Waals surface area contributed by atoms with Crippen LogP contribution in [0, 0.1) is 5.95 Å². The molecule has 0 aliphatic carbocycles. The summed E-state index contributed by atoms with van der Waals surface area (Å²) in [5.74, 6) is -1.81. The van der Waals surface area contributed by atoms with Crippen molar-refractivity contribution in [2.75, 3.05) is 0 Å². The number of nitrogens with two attached hydrogens (primary N) is 1. The van der Waals surface area contributed by atoms with Gasteiger partial charge in [-0.25, -0.2) is 13.8 Å². The summed E-state index contributed by atoms with van der Waals surface area (Å²) in [4.78, 5) is 2.86. The van der Waals surface area contributed by atoms with E-state index in [9.17, 15) is 13.2 Å². The molecule has 0 radical (unpaired) electrons. The molecule has 0 aliphatic heterocycles. The molecule has 0 saturated heterocycles. The topological polar surface area (TPSA) is 59.1 Å². The van der Waals surface area contributed by atoms with Crippen LogP contribution in [0.3, 0.4) is 0 Å². The van der Waals surface area contributed by atoms with Gasteiger partial charge in [0.1, 0.15) is 5.75 Å². The van der Waals surface area contributed by atoms with Crippen LogP contribution in [0.25, 0.3) is 0 Å². The molecule has 0 atom stereocenters. The van der Waals surface area contributed by atoms with Crippen molar-refractivity contribution in [1.29, 1.82) is 0 Å². The van der Waals surface area contributed by atoms with E-state index in [1.165, 1.54) is 0 Å². The molecule has 13 heavy (non-hydrogen) atoms. The number of rotatable bonds is 2. The zero-order chi connectivity index (χ0) is 10.0. The first kappa shape index (κ1) is 9.79. The third-order valence-corrected chi connectivity index (χ3v) is 1.49. The van der Waals surface area contributed by atoms with Gasteiger partial charge in [-0.3, -0.25) is 0 Å². The smallest absolute Gasteiger partial charge is 0.284 e. The van der Waals surface area contributed by atoms with Crippen molar-refractivity contribution in [2.45, 2.75) is 13.0 Å². The Morgan fingerprint density at radius 1 is 1.54 bits per heavy atom. The van der Waals surface area contributed by atoms with Crippen molar-refractivity contribution in [3.8, 4) is 5.75 Å². The number of pyridine rings is 1. The number of alkyl halides is 2. The van der Waals surface area contributed by atoms with Gasteiger partial charge in [0.05, 0.1) is 0 Å². The van der Waals surface area contributed by atoms with Gasteiger partial charge in [0, 0.05) is 18.2 Å². The van der Waals surface area contributed by atoms with Crippen molar-refractivity contribution in [3.05, 3.63) is 23.3 Å². The molecule has 3 N–H and O–H groups in total. The SMILES string of the molecule is NCc1cc(F)nc(C(F)F)c1O. The average Bonchev–Trinajstić information content (AvgIpc) is 2.08. The number of aromatic nitrogens is 1. The zero-order valence-electron chi connectivity index (χ0n) is 6.47. The number of halogens is 3. The lowest BCUT2D eigenvalue weighted by Gasteiger charge is -2.06. The number of hydrogen-bond donors (Lipinski definition) is 2. The Balaban J connectivity index is 3.27. The van der Waals surface area contributed by atoms with E-state index in [1.807, 2.05) is 0 Å². The summed E-state index contributed by atoms with van der Waals surface area (Å²) in [5.41, 5.74) is 4.04. The van der Waals surface area contributed by atoms with Gasteiger partial charge in [-0.1, -0.05) is 0 Å². The molecule has 1 rings (SSSR count). The van der Waals surface area contributed by atoms with Crippen molar-refractivity contribution >= 4 is 0 Å². The fourth-order valence-electron chi connectivity index (χ4n) is 0.885. The molecule has 1 heterocycles. The Morgan fingerprint density at radius 2 is 2.15 bits per heavy atom. The van der Waals surface area contributed by atoms with Gasteiger partial charge in [-0.05, 0) is 0 Å². The molecule has 72 valence electrons. The maximum absolute atomic E-state index is 12.5. The third-order valence-electron chi connectivity index (χ3n) is 1.49. The molecule has 0 saturated carbocycles. The average molecular weight is 192 g/mol. The normalized spacial score (nSPS) is 10.8. The van der Waals surface area contributed by atoms with Crippen LogP contribution in [0.2, 0.25) is 0 Å². The van der Waals surface area contributed by atoms with E-state index in [0.29, 0.717) is 0 Å². The second-order valence-electron chi connectivity index (χ2n) is 2.34. The minimum Gasteiger partial charge on any atom is -0.505 e. The van der Waals surface area contributed by atoms with Gasteiger partial charge < -0.3 is 10.8 Å².